The molecule has 0 aliphatic carbocycles. The molecular weight excluding hydrogens is 312 g/mol. The number of phenolic OH excluding ortho intramolecular Hbond substituents is 1. The van der Waals surface area contributed by atoms with Crippen molar-refractivity contribution in [1.82, 2.24) is 4.90 Å². The molecule has 2 atom stereocenters. The van der Waals surface area contributed by atoms with Gasteiger partial charge in [0.05, 0.1) is 12.6 Å². The zero-order chi connectivity index (χ0) is 17.9. The fourth-order valence-corrected chi connectivity index (χ4v) is 2.72. The van der Waals surface area contributed by atoms with E-state index in [1.165, 1.54) is 17.0 Å². The van der Waals surface area contributed by atoms with Crippen LogP contribution in [0.15, 0.2) is 24.3 Å². The highest BCUT2D eigenvalue weighted by atomic mass is 16.6. The molecule has 3 N–H and O–H groups in total. The second-order valence-electron chi connectivity index (χ2n) is 6.86. The number of anilines is 1. The minimum atomic E-state index is -0.723. The number of carbonyl (C=O) groups is 2. The number of carbonyl (C=O) groups excluding carboxylic acids is 2. The van der Waals surface area contributed by atoms with E-state index in [4.69, 9.17) is 4.74 Å². The maximum atomic E-state index is 12.5. The van der Waals surface area contributed by atoms with Gasteiger partial charge in [-0.25, -0.2) is 4.79 Å². The van der Waals surface area contributed by atoms with E-state index in [-0.39, 0.29) is 18.3 Å². The van der Waals surface area contributed by atoms with Crippen LogP contribution in [0.5, 0.6) is 5.75 Å². The van der Waals surface area contributed by atoms with Gasteiger partial charge in [-0.3, -0.25) is 9.69 Å². The first-order valence-electron chi connectivity index (χ1n) is 7.93. The smallest absolute Gasteiger partial charge is 0.411 e. The zero-order valence-corrected chi connectivity index (χ0v) is 14.2. The number of aliphatic hydroxyl groups excluding tert-OH is 1. The predicted molar refractivity (Wildman–Crippen MR) is 88.7 cm³/mol. The van der Waals surface area contributed by atoms with Gasteiger partial charge in [0, 0.05) is 11.8 Å². The maximum absolute atomic E-state index is 12.5. The van der Waals surface area contributed by atoms with E-state index in [1.54, 1.807) is 32.9 Å². The Labute approximate surface area is 141 Å². The first-order valence-corrected chi connectivity index (χ1v) is 7.93. The van der Waals surface area contributed by atoms with Crippen LogP contribution in [0.4, 0.5) is 10.5 Å². The molecule has 1 saturated heterocycles. The Morgan fingerprint density at radius 3 is 2.62 bits per heavy atom. The fourth-order valence-electron chi connectivity index (χ4n) is 2.72. The quantitative estimate of drug-likeness (QED) is 0.785. The van der Waals surface area contributed by atoms with Gasteiger partial charge in [-0.05, 0) is 45.7 Å². The molecule has 1 aliphatic heterocycles. The lowest BCUT2D eigenvalue weighted by molar-refractivity contribution is -0.121. The Bertz CT molecular complexity index is 611. The van der Waals surface area contributed by atoms with Gasteiger partial charge in [0.2, 0.25) is 5.91 Å². The van der Waals surface area contributed by atoms with Gasteiger partial charge >= 0.3 is 6.09 Å². The second-order valence-corrected chi connectivity index (χ2v) is 6.86. The summed E-state index contributed by atoms with van der Waals surface area (Å²) in [5, 5.41) is 21.7. The third-order valence-electron chi connectivity index (χ3n) is 3.73. The summed E-state index contributed by atoms with van der Waals surface area (Å²) in [6, 6.07) is 5.02. The van der Waals surface area contributed by atoms with Crippen molar-refractivity contribution in [3.63, 3.8) is 0 Å². The van der Waals surface area contributed by atoms with Gasteiger partial charge in [0.25, 0.3) is 0 Å². The van der Waals surface area contributed by atoms with E-state index in [1.807, 2.05) is 0 Å². The SMILES string of the molecule is CC(C)(C)OC(=O)N1[C@@H](CO)CC[C@H]1C(=O)Nc1cccc(O)c1. The zero-order valence-electron chi connectivity index (χ0n) is 14.2. The molecule has 24 heavy (non-hydrogen) atoms. The number of phenols is 1. The van der Waals surface area contributed by atoms with Crippen molar-refractivity contribution in [2.75, 3.05) is 11.9 Å². The molecule has 2 amide bonds. The van der Waals surface area contributed by atoms with Gasteiger partial charge in [0.1, 0.15) is 17.4 Å². The molecule has 1 aromatic carbocycles. The summed E-state index contributed by atoms with van der Waals surface area (Å²) in [7, 11) is 0. The van der Waals surface area contributed by atoms with E-state index in [0.717, 1.165) is 0 Å². The van der Waals surface area contributed by atoms with Gasteiger partial charge < -0.3 is 20.3 Å². The molecule has 1 fully saturated rings. The van der Waals surface area contributed by atoms with E-state index in [0.29, 0.717) is 18.5 Å². The van der Waals surface area contributed by atoms with E-state index in [2.05, 4.69) is 5.32 Å². The van der Waals surface area contributed by atoms with Crippen molar-refractivity contribution in [2.45, 2.75) is 51.3 Å². The molecule has 7 nitrogen and oxygen atoms in total. The molecule has 0 bridgehead atoms. The standard InChI is InChI=1S/C17H24N2O5/c1-17(2,3)24-16(23)19-12(10-20)7-8-14(19)15(22)18-11-5-4-6-13(21)9-11/h4-6,9,12,14,20-21H,7-8,10H2,1-3H3,(H,18,22)/t12-,14+/m1/s1. The fraction of sp³-hybridized carbons (Fsp3) is 0.529. The summed E-state index contributed by atoms with van der Waals surface area (Å²) in [6.07, 6.45) is 0.346. The highest BCUT2D eigenvalue weighted by Crippen LogP contribution is 2.28. The Morgan fingerprint density at radius 2 is 2.04 bits per heavy atom. The average molecular weight is 336 g/mol. The third kappa shape index (κ3) is 4.38. The van der Waals surface area contributed by atoms with Crippen LogP contribution in [0.25, 0.3) is 0 Å². The Morgan fingerprint density at radius 1 is 1.33 bits per heavy atom. The molecule has 1 heterocycles. The highest BCUT2D eigenvalue weighted by Gasteiger charge is 2.42. The van der Waals surface area contributed by atoms with E-state index < -0.39 is 23.8 Å². The molecule has 7 heteroatoms. The molecule has 2 rings (SSSR count). The Balaban J connectivity index is 2.14. The monoisotopic (exact) mass is 336 g/mol. The van der Waals surface area contributed by atoms with Crippen LogP contribution < -0.4 is 5.32 Å². The number of nitrogens with one attached hydrogen (secondary N) is 1. The number of rotatable bonds is 3. The molecule has 1 aromatic rings. The van der Waals surface area contributed by atoms with Crippen LogP contribution >= 0.6 is 0 Å². The maximum Gasteiger partial charge on any atom is 0.411 e. The minimum absolute atomic E-state index is 0.0384. The van der Waals surface area contributed by atoms with Crippen LogP contribution in [0.1, 0.15) is 33.6 Å². The summed E-state index contributed by atoms with van der Waals surface area (Å²) < 4.78 is 5.36. The van der Waals surface area contributed by atoms with Gasteiger partial charge in [-0.15, -0.1) is 0 Å². The van der Waals surface area contributed by atoms with Crippen molar-refractivity contribution in [3.05, 3.63) is 24.3 Å². The van der Waals surface area contributed by atoms with Crippen molar-refractivity contribution in [3.8, 4) is 5.75 Å². The van der Waals surface area contributed by atoms with Crippen molar-refractivity contribution in [1.29, 1.82) is 0 Å². The topological polar surface area (TPSA) is 99.1 Å². The van der Waals surface area contributed by atoms with Crippen LogP contribution in [-0.4, -0.2) is 51.4 Å². The summed E-state index contributed by atoms with van der Waals surface area (Å²) in [5.41, 5.74) is -0.247. The number of hydrogen-bond donors (Lipinski definition) is 3. The van der Waals surface area contributed by atoms with Gasteiger partial charge in [-0.2, -0.15) is 0 Å². The van der Waals surface area contributed by atoms with Gasteiger partial charge in [-0.1, -0.05) is 6.07 Å². The molecule has 0 unspecified atom stereocenters. The number of nitrogens with zero attached hydrogens (tertiary/aromatic N) is 1. The molecule has 0 spiro atoms. The minimum Gasteiger partial charge on any atom is -0.508 e. The third-order valence-corrected chi connectivity index (χ3v) is 3.73. The number of hydrogen-bond acceptors (Lipinski definition) is 5. The lowest BCUT2D eigenvalue weighted by Gasteiger charge is -2.31. The number of amides is 2. The van der Waals surface area contributed by atoms with Crippen LogP contribution in [0, 0.1) is 0 Å². The van der Waals surface area contributed by atoms with Crippen molar-refractivity contribution < 1.29 is 24.5 Å². The number of ether oxygens (including phenoxy) is 1. The molecule has 0 aromatic heterocycles. The average Bonchev–Trinajstić information content (AvgIpc) is 2.89. The summed E-state index contributed by atoms with van der Waals surface area (Å²) >= 11 is 0. The first kappa shape index (κ1) is 18.1. The van der Waals surface area contributed by atoms with E-state index in [9.17, 15) is 19.8 Å². The number of benzene rings is 1. The largest absolute Gasteiger partial charge is 0.508 e. The summed E-state index contributed by atoms with van der Waals surface area (Å²) in [6.45, 7) is 5.01. The van der Waals surface area contributed by atoms with Crippen LogP contribution in [-0.2, 0) is 9.53 Å². The number of aliphatic hydroxyl groups is 1. The van der Waals surface area contributed by atoms with Crippen molar-refractivity contribution >= 4 is 17.7 Å². The highest BCUT2D eigenvalue weighted by molar-refractivity contribution is 5.97. The normalized spacial score (nSPS) is 20.8. The molecule has 132 valence electrons. The molecule has 0 radical (unpaired) electrons. The lowest BCUT2D eigenvalue weighted by Crippen LogP contribution is -2.49. The summed E-state index contributed by atoms with van der Waals surface area (Å²) in [5.74, 6) is -0.334. The molecule has 0 saturated carbocycles. The van der Waals surface area contributed by atoms with Crippen molar-refractivity contribution in [2.24, 2.45) is 0 Å². The first-order chi connectivity index (χ1) is 11.2. The van der Waals surface area contributed by atoms with Crippen LogP contribution in [0.2, 0.25) is 0 Å². The second kappa shape index (κ2) is 7.09. The molecule has 1 aliphatic rings. The number of aromatic hydroxyl groups is 1. The number of likely N-dealkylation sites (tertiary alicyclic amines) is 1. The lowest BCUT2D eigenvalue weighted by atomic mass is 10.2. The summed E-state index contributed by atoms with van der Waals surface area (Å²) in [4.78, 5) is 26.3. The van der Waals surface area contributed by atoms with Crippen LogP contribution in [0.3, 0.4) is 0 Å². The Hall–Kier alpha value is -2.28. The molecular formula is C17H24N2O5. The van der Waals surface area contributed by atoms with Gasteiger partial charge in [0.15, 0.2) is 0 Å². The van der Waals surface area contributed by atoms with E-state index >= 15 is 0 Å². The predicted octanol–water partition coefficient (Wildman–Crippen LogP) is 2.09. The Kier molecular flexibility index (Phi) is 5.33.